The molecule has 2 rings (SSSR count). The van der Waals surface area contributed by atoms with Gasteiger partial charge < -0.3 is 4.90 Å². The summed E-state index contributed by atoms with van der Waals surface area (Å²) in [5.74, 6) is -0.685. The molecule has 0 saturated carbocycles. The van der Waals surface area contributed by atoms with Crippen LogP contribution in [0.4, 0.5) is 16.5 Å². The molecule has 0 bridgehead atoms. The van der Waals surface area contributed by atoms with Crippen LogP contribution in [0.2, 0.25) is 0 Å². The Hall–Kier alpha value is -2.92. The number of nitrogens with one attached hydrogen (secondary N) is 1. The number of thiazole rings is 1. The van der Waals surface area contributed by atoms with Crippen LogP contribution in [-0.4, -0.2) is 39.7 Å². The Morgan fingerprint density at radius 1 is 1.28 bits per heavy atom. The number of nitro benzene ring substituents is 2. The number of anilines is 1. The van der Waals surface area contributed by atoms with Crippen LogP contribution in [0.25, 0.3) is 0 Å². The van der Waals surface area contributed by atoms with Gasteiger partial charge in [0.15, 0.2) is 5.13 Å². The first-order valence-corrected chi connectivity index (χ1v) is 7.91. The van der Waals surface area contributed by atoms with Crippen LogP contribution in [0.15, 0.2) is 17.5 Å². The van der Waals surface area contributed by atoms with Crippen molar-refractivity contribution in [2.24, 2.45) is 0 Å². The van der Waals surface area contributed by atoms with E-state index >= 15 is 0 Å². The van der Waals surface area contributed by atoms with Gasteiger partial charge in [-0.05, 0) is 21.0 Å². The summed E-state index contributed by atoms with van der Waals surface area (Å²) in [6.45, 7) is 1.96. The van der Waals surface area contributed by atoms with E-state index in [9.17, 15) is 25.0 Å². The molecule has 0 radical (unpaired) electrons. The second-order valence-corrected chi connectivity index (χ2v) is 6.35. The first kappa shape index (κ1) is 18.4. The zero-order valence-corrected chi connectivity index (χ0v) is 14.5. The summed E-state index contributed by atoms with van der Waals surface area (Å²) in [6.07, 6.45) is 0. The largest absolute Gasteiger partial charge is 0.304 e. The van der Waals surface area contributed by atoms with E-state index in [0.29, 0.717) is 11.7 Å². The molecule has 1 amide bonds. The SMILES string of the molecule is Cc1c(C(=O)Nc2nc(CN(C)C)cs2)cc([N+](=O)[O-])cc1[N+](=O)[O-]. The molecule has 0 aliphatic rings. The molecule has 1 aromatic heterocycles. The first-order valence-electron chi connectivity index (χ1n) is 7.03. The summed E-state index contributed by atoms with van der Waals surface area (Å²) in [4.78, 5) is 39.1. The molecule has 11 heteroatoms. The lowest BCUT2D eigenvalue weighted by atomic mass is 10.0. The second kappa shape index (κ2) is 7.32. The Balaban J connectivity index is 2.33. The molecule has 0 fully saturated rings. The fourth-order valence-electron chi connectivity index (χ4n) is 2.14. The Kier molecular flexibility index (Phi) is 5.39. The molecule has 25 heavy (non-hydrogen) atoms. The Morgan fingerprint density at radius 3 is 2.52 bits per heavy atom. The molecule has 1 heterocycles. The van der Waals surface area contributed by atoms with Gasteiger partial charge in [-0.1, -0.05) is 0 Å². The number of aromatic nitrogens is 1. The lowest BCUT2D eigenvalue weighted by Gasteiger charge is -2.07. The number of hydrogen-bond acceptors (Lipinski definition) is 8. The highest BCUT2D eigenvalue weighted by atomic mass is 32.1. The van der Waals surface area contributed by atoms with Crippen molar-refractivity contribution in [3.05, 3.63) is 54.6 Å². The summed E-state index contributed by atoms with van der Waals surface area (Å²) in [5.41, 5.74) is -0.322. The van der Waals surface area contributed by atoms with Crippen LogP contribution in [0.3, 0.4) is 0 Å². The summed E-state index contributed by atoms with van der Waals surface area (Å²) >= 11 is 1.20. The van der Waals surface area contributed by atoms with E-state index in [0.717, 1.165) is 17.8 Å². The van der Waals surface area contributed by atoms with Crippen molar-refractivity contribution in [2.75, 3.05) is 19.4 Å². The van der Waals surface area contributed by atoms with Crippen LogP contribution in [-0.2, 0) is 6.54 Å². The van der Waals surface area contributed by atoms with Crippen molar-refractivity contribution in [2.45, 2.75) is 13.5 Å². The summed E-state index contributed by atoms with van der Waals surface area (Å²) < 4.78 is 0. The summed E-state index contributed by atoms with van der Waals surface area (Å²) in [6, 6.07) is 1.86. The van der Waals surface area contributed by atoms with Gasteiger partial charge in [0.05, 0.1) is 27.2 Å². The highest BCUT2D eigenvalue weighted by Gasteiger charge is 2.25. The quantitative estimate of drug-likeness (QED) is 0.614. The van der Waals surface area contributed by atoms with Gasteiger partial charge in [0.25, 0.3) is 17.3 Å². The maximum absolute atomic E-state index is 12.4. The maximum Gasteiger partial charge on any atom is 0.279 e. The fourth-order valence-corrected chi connectivity index (χ4v) is 2.84. The number of amides is 1. The molecule has 1 aromatic carbocycles. The van der Waals surface area contributed by atoms with E-state index in [1.54, 1.807) is 5.38 Å². The molecule has 10 nitrogen and oxygen atoms in total. The van der Waals surface area contributed by atoms with Gasteiger partial charge in [0, 0.05) is 23.6 Å². The fraction of sp³-hybridized carbons (Fsp3) is 0.286. The minimum atomic E-state index is -0.776. The predicted molar refractivity (Wildman–Crippen MR) is 91.9 cm³/mol. The highest BCUT2D eigenvalue weighted by molar-refractivity contribution is 7.14. The number of rotatable bonds is 6. The van der Waals surface area contributed by atoms with Crippen LogP contribution >= 0.6 is 11.3 Å². The second-order valence-electron chi connectivity index (χ2n) is 5.49. The molecular formula is C14H15N5O5S. The van der Waals surface area contributed by atoms with E-state index in [4.69, 9.17) is 0 Å². The molecule has 0 unspecified atom stereocenters. The Labute approximate surface area is 146 Å². The van der Waals surface area contributed by atoms with Crippen molar-refractivity contribution in [3.63, 3.8) is 0 Å². The molecule has 0 saturated heterocycles. The topological polar surface area (TPSA) is 132 Å². The van der Waals surface area contributed by atoms with E-state index < -0.39 is 27.1 Å². The van der Waals surface area contributed by atoms with Crippen LogP contribution < -0.4 is 5.32 Å². The van der Waals surface area contributed by atoms with Gasteiger partial charge in [-0.2, -0.15) is 0 Å². The van der Waals surface area contributed by atoms with E-state index in [1.807, 2.05) is 19.0 Å². The monoisotopic (exact) mass is 365 g/mol. The maximum atomic E-state index is 12.4. The third-order valence-electron chi connectivity index (χ3n) is 3.27. The third kappa shape index (κ3) is 4.33. The number of hydrogen-bond donors (Lipinski definition) is 1. The number of carbonyl (C=O) groups is 1. The van der Waals surface area contributed by atoms with Gasteiger partial charge in [-0.25, -0.2) is 4.98 Å². The lowest BCUT2D eigenvalue weighted by molar-refractivity contribution is -0.394. The number of non-ortho nitro benzene ring substituents is 1. The van der Waals surface area contributed by atoms with Crippen LogP contribution in [0, 0.1) is 27.2 Å². The van der Waals surface area contributed by atoms with Crippen LogP contribution in [0.1, 0.15) is 21.6 Å². The standard InChI is InChI=1S/C14H15N5O5S/c1-8-11(4-10(18(21)22)5-12(8)19(23)24)13(20)16-14-15-9(7-25-14)6-17(2)3/h4-5,7H,6H2,1-3H3,(H,15,16,20). The summed E-state index contributed by atoms with van der Waals surface area (Å²) in [7, 11) is 3.76. The minimum Gasteiger partial charge on any atom is -0.304 e. The molecule has 0 spiro atoms. The van der Waals surface area contributed by atoms with Crippen molar-refractivity contribution in [1.29, 1.82) is 0 Å². The molecule has 2 aromatic rings. The number of carbonyl (C=O) groups excluding carboxylic acids is 1. The Bertz CT molecular complexity index is 848. The van der Waals surface area contributed by atoms with E-state index in [-0.39, 0.29) is 11.1 Å². The zero-order chi connectivity index (χ0) is 18.7. The highest BCUT2D eigenvalue weighted by Crippen LogP contribution is 2.29. The summed E-state index contributed by atoms with van der Waals surface area (Å²) in [5, 5.41) is 26.7. The lowest BCUT2D eigenvalue weighted by Crippen LogP contribution is -2.15. The van der Waals surface area contributed by atoms with Crippen molar-refractivity contribution >= 4 is 33.8 Å². The van der Waals surface area contributed by atoms with Gasteiger partial charge >= 0.3 is 0 Å². The van der Waals surface area contributed by atoms with Crippen molar-refractivity contribution in [1.82, 2.24) is 9.88 Å². The van der Waals surface area contributed by atoms with Crippen LogP contribution in [0.5, 0.6) is 0 Å². The number of benzene rings is 1. The van der Waals surface area contributed by atoms with E-state index in [1.165, 1.54) is 18.3 Å². The first-order chi connectivity index (χ1) is 11.7. The molecule has 1 N–H and O–H groups in total. The van der Waals surface area contributed by atoms with Gasteiger partial charge in [0.1, 0.15) is 0 Å². The molecule has 132 valence electrons. The number of nitrogens with zero attached hydrogens (tertiary/aromatic N) is 4. The molecule has 0 atom stereocenters. The molecule has 0 aliphatic carbocycles. The normalized spacial score (nSPS) is 10.7. The van der Waals surface area contributed by atoms with Gasteiger partial charge in [0.2, 0.25) is 0 Å². The Morgan fingerprint density at radius 2 is 1.96 bits per heavy atom. The number of nitro groups is 2. The average molecular weight is 365 g/mol. The minimum absolute atomic E-state index is 0.0539. The van der Waals surface area contributed by atoms with Gasteiger partial charge in [-0.15, -0.1) is 11.3 Å². The van der Waals surface area contributed by atoms with Gasteiger partial charge in [-0.3, -0.25) is 30.3 Å². The smallest absolute Gasteiger partial charge is 0.279 e. The van der Waals surface area contributed by atoms with Crippen molar-refractivity contribution in [3.8, 4) is 0 Å². The molecule has 0 aliphatic heterocycles. The zero-order valence-electron chi connectivity index (χ0n) is 13.7. The third-order valence-corrected chi connectivity index (χ3v) is 4.07. The average Bonchev–Trinajstić information content (AvgIpc) is 2.92. The van der Waals surface area contributed by atoms with E-state index in [2.05, 4.69) is 10.3 Å². The molecular weight excluding hydrogens is 350 g/mol. The predicted octanol–water partition coefficient (Wildman–Crippen LogP) is 2.58. The van der Waals surface area contributed by atoms with Crippen molar-refractivity contribution < 1.29 is 14.6 Å².